The Morgan fingerprint density at radius 3 is 2.33 bits per heavy atom. The van der Waals surface area contributed by atoms with Crippen molar-refractivity contribution in [3.63, 3.8) is 0 Å². The van der Waals surface area contributed by atoms with Crippen molar-refractivity contribution < 1.29 is 9.53 Å². The lowest BCUT2D eigenvalue weighted by Gasteiger charge is -2.26. The average molecular weight is 607 g/mol. The van der Waals surface area contributed by atoms with Gasteiger partial charge in [-0.15, -0.1) is 0 Å². The van der Waals surface area contributed by atoms with Gasteiger partial charge >= 0.3 is 0 Å². The van der Waals surface area contributed by atoms with Gasteiger partial charge in [-0.1, -0.05) is 44.2 Å². The van der Waals surface area contributed by atoms with Crippen molar-refractivity contribution >= 4 is 79.1 Å². The molecule has 10 radical (unpaired) electrons. The van der Waals surface area contributed by atoms with Crippen LogP contribution in [0, 0.1) is 0 Å². The number of nitrogens with zero attached hydrogens (tertiary/aromatic N) is 5. The van der Waals surface area contributed by atoms with Gasteiger partial charge in [0, 0.05) is 55.1 Å². The molecule has 2 heterocycles. The molecule has 0 aliphatic rings. The zero-order valence-corrected chi connectivity index (χ0v) is 27.8. The summed E-state index contributed by atoms with van der Waals surface area (Å²) in [5.41, 5.74) is 4.24. The fourth-order valence-corrected chi connectivity index (χ4v) is 4.81. The van der Waals surface area contributed by atoms with Crippen molar-refractivity contribution in [1.29, 1.82) is 0 Å². The Labute approximate surface area is 279 Å². The summed E-state index contributed by atoms with van der Waals surface area (Å²) in [6.07, 6.45) is 3.78. The molecule has 2 aromatic carbocycles. The van der Waals surface area contributed by atoms with Gasteiger partial charge in [0.15, 0.2) is 0 Å². The summed E-state index contributed by atoms with van der Waals surface area (Å²) in [7, 11) is 37.2. The second kappa shape index (κ2) is 16.0. The van der Waals surface area contributed by atoms with Gasteiger partial charge in [0.05, 0.1) is 69.1 Å². The van der Waals surface area contributed by atoms with Crippen LogP contribution in [-0.4, -0.2) is 106 Å². The maximum Gasteiger partial charge on any atom is 0.249 e. The molecule has 46 heavy (non-hydrogen) atoms. The first kappa shape index (κ1) is 36.4. The van der Waals surface area contributed by atoms with Crippen LogP contribution in [0.2, 0.25) is 0 Å². The Hall–Kier alpha value is -4.05. The van der Waals surface area contributed by atoms with Gasteiger partial charge in [-0.3, -0.25) is 4.79 Å². The number of hydrogen-bond donors (Lipinski definition) is 2. The Morgan fingerprint density at radius 2 is 1.72 bits per heavy atom. The zero-order valence-electron chi connectivity index (χ0n) is 27.8. The van der Waals surface area contributed by atoms with Crippen molar-refractivity contribution in [2.45, 2.75) is 32.4 Å². The topological polar surface area (TPSA) is 87.5 Å². The molecule has 0 spiro atoms. The van der Waals surface area contributed by atoms with E-state index in [2.05, 4.69) is 20.5 Å². The molecule has 0 atom stereocenters. The molecule has 14 heteroatoms. The van der Waals surface area contributed by atoms with Gasteiger partial charge in [-0.05, 0) is 44.3 Å². The van der Waals surface area contributed by atoms with E-state index in [1.54, 1.807) is 36.2 Å². The summed E-state index contributed by atoms with van der Waals surface area (Å²) >= 11 is 0. The highest BCUT2D eigenvalue weighted by Gasteiger charge is 2.21. The molecular formula is C32H38B5N7O2. The minimum atomic E-state index is -1.61. The van der Waals surface area contributed by atoms with E-state index in [9.17, 15) is 4.79 Å². The number of methoxy groups -OCH3 is 1. The van der Waals surface area contributed by atoms with Gasteiger partial charge in [0.25, 0.3) is 0 Å². The minimum absolute atomic E-state index is 0.0258. The average Bonchev–Trinajstić information content (AvgIpc) is 3.42. The first-order valence-electron chi connectivity index (χ1n) is 15.0. The number of carbonyl (C=O) groups is 1. The lowest BCUT2D eigenvalue weighted by atomic mass is 9.49. The Kier molecular flexibility index (Phi) is 12.7. The number of carbonyl (C=O) groups excluding carboxylic acids is 1. The van der Waals surface area contributed by atoms with Gasteiger partial charge in [-0.25, -0.2) is 9.97 Å². The van der Waals surface area contributed by atoms with Crippen molar-refractivity contribution in [2.24, 2.45) is 0 Å². The molecule has 228 valence electrons. The molecule has 0 saturated carbocycles. The molecule has 1 amide bonds. The van der Waals surface area contributed by atoms with E-state index in [0.717, 1.165) is 28.7 Å². The number of nitrogens with one attached hydrogen (secondary N) is 2. The van der Waals surface area contributed by atoms with Crippen molar-refractivity contribution in [1.82, 2.24) is 19.4 Å². The molecule has 4 aromatic rings. The Balaban J connectivity index is 0.00000282. The van der Waals surface area contributed by atoms with Gasteiger partial charge < -0.3 is 29.7 Å². The van der Waals surface area contributed by atoms with Crippen molar-refractivity contribution in [2.75, 3.05) is 56.9 Å². The molecule has 0 fully saturated rings. The second-order valence-corrected chi connectivity index (χ2v) is 10.7. The van der Waals surface area contributed by atoms with Crippen molar-refractivity contribution in [3.05, 3.63) is 65.8 Å². The summed E-state index contributed by atoms with van der Waals surface area (Å²) in [4.78, 5) is 26.5. The van der Waals surface area contributed by atoms with Gasteiger partial charge in [-0.2, -0.15) is 5.37 Å². The third-order valence-electron chi connectivity index (χ3n) is 7.14. The fraction of sp³-hybridized carbons (Fsp3) is 0.344. The molecule has 2 aromatic heterocycles. The number of fused-ring (bicyclic) bond motifs is 1. The second-order valence-electron chi connectivity index (χ2n) is 10.7. The summed E-state index contributed by atoms with van der Waals surface area (Å²) < 4.78 is 7.35. The normalized spacial score (nSPS) is 11.0. The first-order valence-corrected chi connectivity index (χ1v) is 15.0. The molecule has 0 aliphatic heterocycles. The number of aromatic nitrogens is 3. The maximum atomic E-state index is 13.2. The number of anilines is 4. The molecule has 0 unspecified atom stereocenters. The Bertz CT molecular complexity index is 1680. The van der Waals surface area contributed by atoms with Crippen LogP contribution >= 0.6 is 0 Å². The van der Waals surface area contributed by atoms with Crippen LogP contribution in [0.1, 0.15) is 27.2 Å². The summed E-state index contributed by atoms with van der Waals surface area (Å²) in [5.74, 6) is 0.420. The van der Waals surface area contributed by atoms with Crippen LogP contribution in [0.5, 0.6) is 5.75 Å². The standard InChI is InChI=1S/C30H32B5N7O2.C2H6/c1-6-18(27(31)32)28(43)37-22-15-23(26(44-5)16-25(22)41(4)14-13-40(2)3)39-29-36-12-11-21(38-29)20-17-42(30(33,34)35)24-10-8-7-9-19(20)24;1-2/h7-12,15-17H,6,13-14H2,1-5H3,(H,37,43)(H,36,38,39);1-2H3. The van der Waals surface area contributed by atoms with E-state index in [-0.39, 0.29) is 5.37 Å². The van der Waals surface area contributed by atoms with Crippen LogP contribution in [0.3, 0.4) is 0 Å². The minimum Gasteiger partial charge on any atom is -0.494 e. The highest BCUT2D eigenvalue weighted by atomic mass is 16.5. The van der Waals surface area contributed by atoms with Gasteiger partial charge in [0.1, 0.15) is 5.75 Å². The van der Waals surface area contributed by atoms with E-state index in [1.807, 2.05) is 77.1 Å². The molecule has 0 aliphatic carbocycles. The third kappa shape index (κ3) is 8.60. The summed E-state index contributed by atoms with van der Waals surface area (Å²) in [6, 6.07) is 13.0. The molecule has 0 bridgehead atoms. The van der Waals surface area contributed by atoms with Crippen LogP contribution in [0.4, 0.5) is 23.0 Å². The number of likely N-dealkylation sites (N-methyl/N-ethyl adjacent to an activating group) is 2. The lowest BCUT2D eigenvalue weighted by Crippen LogP contribution is -2.34. The van der Waals surface area contributed by atoms with Crippen molar-refractivity contribution in [3.8, 4) is 17.0 Å². The lowest BCUT2D eigenvalue weighted by molar-refractivity contribution is -0.113. The number of hydrogen-bond acceptors (Lipinski definition) is 7. The zero-order chi connectivity index (χ0) is 34.2. The largest absolute Gasteiger partial charge is 0.494 e. The summed E-state index contributed by atoms with van der Waals surface area (Å²) in [6.45, 7) is 7.30. The molecule has 9 nitrogen and oxygen atoms in total. The first-order chi connectivity index (χ1) is 21.8. The third-order valence-corrected chi connectivity index (χ3v) is 7.14. The Morgan fingerprint density at radius 1 is 1.02 bits per heavy atom. The number of ether oxygens (including phenoxy) is 1. The molecular weight excluding hydrogens is 568 g/mol. The monoisotopic (exact) mass is 607 g/mol. The number of para-hydroxylation sites is 1. The van der Waals surface area contributed by atoms with Crippen LogP contribution in [0.15, 0.2) is 65.8 Å². The van der Waals surface area contributed by atoms with E-state index in [1.165, 1.54) is 0 Å². The van der Waals surface area contributed by atoms with Crippen LogP contribution < -0.4 is 20.3 Å². The van der Waals surface area contributed by atoms with E-state index < -0.39 is 11.1 Å². The summed E-state index contributed by atoms with van der Waals surface area (Å²) in [5, 5.41) is 5.46. The number of amides is 1. The maximum absolute atomic E-state index is 13.2. The van der Waals surface area contributed by atoms with E-state index in [0.29, 0.717) is 47.3 Å². The number of rotatable bonds is 12. The number of benzene rings is 2. The predicted molar refractivity (Wildman–Crippen MR) is 195 cm³/mol. The highest BCUT2D eigenvalue weighted by Crippen LogP contribution is 2.39. The molecule has 2 N–H and O–H groups in total. The molecule has 4 rings (SSSR count). The fourth-order valence-electron chi connectivity index (χ4n) is 4.81. The van der Waals surface area contributed by atoms with E-state index >= 15 is 0 Å². The van der Waals surface area contributed by atoms with Crippen LogP contribution in [0.25, 0.3) is 22.2 Å². The SMILES string of the molecule is CC.[B]C([B])=C(CC)C(=O)Nc1cc(Nc2nccc(-c3cn(C([B])([B])[B])c4ccccc34)n2)c(OC)cc1N(C)CCN(C)C. The van der Waals surface area contributed by atoms with Crippen LogP contribution in [-0.2, 0) is 10.0 Å². The van der Waals surface area contributed by atoms with E-state index in [4.69, 9.17) is 49.0 Å². The quantitative estimate of drug-likeness (QED) is 0.187. The smallest absolute Gasteiger partial charge is 0.249 e. The highest BCUT2D eigenvalue weighted by molar-refractivity contribution is 6.57. The molecule has 0 saturated heterocycles. The van der Waals surface area contributed by atoms with Gasteiger partial charge in [0.2, 0.25) is 11.9 Å². The predicted octanol–water partition coefficient (Wildman–Crippen LogP) is 3.84.